The fourth-order valence-electron chi connectivity index (χ4n) is 0.725. The zero-order valence-electron chi connectivity index (χ0n) is 11.1. The largest absolute Gasteiger partial charge is 0.368 e. The summed E-state index contributed by atoms with van der Waals surface area (Å²) in [5.41, 5.74) is 10.1. The maximum atomic E-state index is 10.7. The Morgan fingerprint density at radius 1 is 1.16 bits per heavy atom. The molecule has 0 radical (unpaired) electrons. The lowest BCUT2D eigenvalue weighted by Gasteiger charge is -2.05. The van der Waals surface area contributed by atoms with Crippen LogP contribution in [0, 0.1) is 0 Å². The molecule has 0 aromatic rings. The van der Waals surface area contributed by atoms with Crippen LogP contribution in [0.5, 0.6) is 0 Å². The van der Waals surface area contributed by atoms with Crippen molar-refractivity contribution in [3.05, 3.63) is 0 Å². The van der Waals surface area contributed by atoms with E-state index in [0.29, 0.717) is 0 Å². The molecule has 0 fully saturated rings. The second kappa shape index (κ2) is 10.3. The van der Waals surface area contributed by atoms with E-state index in [4.69, 9.17) is 11.5 Å². The molecule has 110 valence electrons. The Hall–Kier alpha value is -1.61. The van der Waals surface area contributed by atoms with Gasteiger partial charge < -0.3 is 16.8 Å². The minimum absolute atomic E-state index is 0.235. The number of imide groups is 1. The summed E-state index contributed by atoms with van der Waals surface area (Å²) in [4.78, 5) is 41.4. The molecule has 0 aliphatic carbocycles. The molecule has 0 aliphatic rings. The highest BCUT2D eigenvalue weighted by molar-refractivity contribution is 7.80. The summed E-state index contributed by atoms with van der Waals surface area (Å²) < 4.78 is 0. The van der Waals surface area contributed by atoms with Gasteiger partial charge in [0.15, 0.2) is 0 Å². The van der Waals surface area contributed by atoms with E-state index >= 15 is 0 Å². The van der Waals surface area contributed by atoms with E-state index in [9.17, 15) is 19.2 Å². The number of rotatable bonds is 4. The van der Waals surface area contributed by atoms with E-state index in [0.717, 1.165) is 0 Å². The molecule has 0 saturated heterocycles. The number of carbonyl (C=O) groups excluding carboxylic acids is 4. The maximum absolute atomic E-state index is 10.7. The molecule has 0 aromatic heterocycles. The molecule has 0 aromatic carbocycles. The number of nitrogens with one attached hydrogen (secondary N) is 2. The van der Waals surface area contributed by atoms with Crippen molar-refractivity contribution in [1.82, 2.24) is 10.6 Å². The SMILES string of the molecule is CC(=O)NC(=O)C(N)CS.CC(=O)NC(C)C(N)=O. The molecule has 19 heavy (non-hydrogen) atoms. The van der Waals surface area contributed by atoms with Crippen molar-refractivity contribution in [3.8, 4) is 0 Å². The molecule has 8 nitrogen and oxygen atoms in total. The molecule has 9 heteroatoms. The number of hydrogen-bond acceptors (Lipinski definition) is 6. The summed E-state index contributed by atoms with van der Waals surface area (Å²) in [5, 5.41) is 4.37. The van der Waals surface area contributed by atoms with Crippen LogP contribution in [0.1, 0.15) is 20.8 Å². The van der Waals surface area contributed by atoms with Gasteiger partial charge in [-0.15, -0.1) is 0 Å². The molecule has 0 bridgehead atoms. The molecule has 2 unspecified atom stereocenters. The second-order valence-electron chi connectivity index (χ2n) is 3.66. The van der Waals surface area contributed by atoms with Crippen LogP contribution in [0.4, 0.5) is 0 Å². The average Bonchev–Trinajstić information content (AvgIpc) is 2.26. The van der Waals surface area contributed by atoms with Crippen LogP contribution in [0.3, 0.4) is 0 Å². The molecule has 0 rings (SSSR count). The van der Waals surface area contributed by atoms with Crippen LogP contribution in [0.2, 0.25) is 0 Å². The lowest BCUT2D eigenvalue weighted by atomic mass is 10.3. The summed E-state index contributed by atoms with van der Waals surface area (Å²) in [5.74, 6) is -1.42. The summed E-state index contributed by atoms with van der Waals surface area (Å²) >= 11 is 3.78. The van der Waals surface area contributed by atoms with Crippen LogP contribution in [0.25, 0.3) is 0 Å². The van der Waals surface area contributed by atoms with E-state index in [1.54, 1.807) is 0 Å². The highest BCUT2D eigenvalue weighted by Crippen LogP contribution is 1.82. The zero-order valence-corrected chi connectivity index (χ0v) is 12.0. The monoisotopic (exact) mass is 292 g/mol. The van der Waals surface area contributed by atoms with Gasteiger partial charge >= 0.3 is 0 Å². The van der Waals surface area contributed by atoms with Crippen molar-refractivity contribution in [2.24, 2.45) is 11.5 Å². The molecular weight excluding hydrogens is 272 g/mol. The van der Waals surface area contributed by atoms with Crippen molar-refractivity contribution in [2.45, 2.75) is 32.9 Å². The van der Waals surface area contributed by atoms with Gasteiger partial charge in [-0.2, -0.15) is 12.6 Å². The van der Waals surface area contributed by atoms with E-state index in [-0.39, 0.29) is 11.7 Å². The number of nitrogens with two attached hydrogens (primary N) is 2. The first-order valence-corrected chi connectivity index (χ1v) is 5.99. The van der Waals surface area contributed by atoms with E-state index < -0.39 is 29.8 Å². The van der Waals surface area contributed by atoms with Gasteiger partial charge in [0, 0.05) is 19.6 Å². The molecule has 6 N–H and O–H groups in total. The van der Waals surface area contributed by atoms with Gasteiger partial charge in [-0.05, 0) is 6.92 Å². The second-order valence-corrected chi connectivity index (χ2v) is 4.02. The Morgan fingerprint density at radius 3 is 1.84 bits per heavy atom. The summed E-state index contributed by atoms with van der Waals surface area (Å²) in [6.45, 7) is 4.12. The van der Waals surface area contributed by atoms with Crippen molar-refractivity contribution in [1.29, 1.82) is 0 Å². The number of primary amides is 1. The van der Waals surface area contributed by atoms with Crippen LogP contribution < -0.4 is 22.1 Å². The van der Waals surface area contributed by atoms with Crippen molar-refractivity contribution >= 4 is 36.3 Å². The quantitative estimate of drug-likeness (QED) is 0.377. The van der Waals surface area contributed by atoms with Crippen LogP contribution in [-0.4, -0.2) is 41.5 Å². The number of carbonyl (C=O) groups is 4. The summed E-state index contributed by atoms with van der Waals surface area (Å²) in [6, 6.07) is -1.27. The Kier molecular flexibility index (Phi) is 10.7. The third-order valence-corrected chi connectivity index (χ3v) is 2.07. The number of hydrogen-bond donors (Lipinski definition) is 5. The van der Waals surface area contributed by atoms with E-state index in [1.165, 1.54) is 20.8 Å². The van der Waals surface area contributed by atoms with Crippen LogP contribution in [0.15, 0.2) is 0 Å². The van der Waals surface area contributed by atoms with Crippen molar-refractivity contribution < 1.29 is 19.2 Å². The third kappa shape index (κ3) is 12.6. The highest BCUT2D eigenvalue weighted by atomic mass is 32.1. The van der Waals surface area contributed by atoms with Gasteiger partial charge in [-0.25, -0.2) is 0 Å². The molecule has 4 amide bonds. The van der Waals surface area contributed by atoms with Gasteiger partial charge in [-0.1, -0.05) is 0 Å². The van der Waals surface area contributed by atoms with Crippen molar-refractivity contribution in [3.63, 3.8) is 0 Å². The molecule has 0 aliphatic heterocycles. The smallest absolute Gasteiger partial charge is 0.244 e. The molecule has 0 spiro atoms. The van der Waals surface area contributed by atoms with E-state index in [1.807, 2.05) is 5.32 Å². The predicted molar refractivity (Wildman–Crippen MR) is 73.1 cm³/mol. The van der Waals surface area contributed by atoms with Crippen LogP contribution in [-0.2, 0) is 19.2 Å². The first-order valence-electron chi connectivity index (χ1n) is 5.36. The standard InChI is InChI=1S/C5H10N2O2S.C5H10N2O2/c1-3(8)7-5(9)4(6)2-10;1-3(5(6)9)7-4(2)8/h4,10H,2,6H2,1H3,(H,7,8,9);3H,1-2H3,(H2,6,9)(H,7,8). The van der Waals surface area contributed by atoms with Crippen LogP contribution >= 0.6 is 12.6 Å². The fourth-order valence-corrected chi connectivity index (χ4v) is 0.891. The zero-order chi connectivity index (χ0) is 15.6. The number of amides is 4. The molecular formula is C10H20N4O4S. The van der Waals surface area contributed by atoms with Crippen molar-refractivity contribution in [2.75, 3.05) is 5.75 Å². The first-order chi connectivity index (χ1) is 8.61. The normalized spacial score (nSPS) is 12.3. The van der Waals surface area contributed by atoms with Gasteiger partial charge in [-0.3, -0.25) is 24.5 Å². The average molecular weight is 292 g/mol. The maximum Gasteiger partial charge on any atom is 0.244 e. The van der Waals surface area contributed by atoms with Gasteiger partial charge in [0.1, 0.15) is 6.04 Å². The van der Waals surface area contributed by atoms with Gasteiger partial charge in [0.25, 0.3) is 0 Å². The third-order valence-electron chi connectivity index (χ3n) is 1.68. The molecule has 0 saturated carbocycles. The first kappa shape index (κ1) is 19.7. The Balaban J connectivity index is 0. The lowest BCUT2D eigenvalue weighted by molar-refractivity contribution is -0.129. The van der Waals surface area contributed by atoms with E-state index in [2.05, 4.69) is 17.9 Å². The lowest BCUT2D eigenvalue weighted by Crippen LogP contribution is -2.43. The highest BCUT2D eigenvalue weighted by Gasteiger charge is 2.11. The minimum Gasteiger partial charge on any atom is -0.368 e. The molecule has 2 atom stereocenters. The topological polar surface area (TPSA) is 144 Å². The summed E-state index contributed by atoms with van der Waals surface area (Å²) in [6.07, 6.45) is 0. The Labute approximate surface area is 117 Å². The Bertz CT molecular complexity index is 348. The minimum atomic E-state index is -0.702. The fraction of sp³-hybridized carbons (Fsp3) is 0.600. The van der Waals surface area contributed by atoms with Gasteiger partial charge in [0.2, 0.25) is 23.6 Å². The Morgan fingerprint density at radius 2 is 1.63 bits per heavy atom. The summed E-state index contributed by atoms with van der Waals surface area (Å²) in [7, 11) is 0. The van der Waals surface area contributed by atoms with Gasteiger partial charge in [0.05, 0.1) is 6.04 Å². The molecule has 0 heterocycles. The predicted octanol–water partition coefficient (Wildman–Crippen LogP) is -2.10. The number of thiol groups is 1.